The van der Waals surface area contributed by atoms with Crippen LogP contribution in [0.2, 0.25) is 0 Å². The minimum atomic E-state index is -0.784. The molecule has 0 aromatic heterocycles. The van der Waals surface area contributed by atoms with Gasteiger partial charge in [-0.15, -0.1) is 0 Å². The molecule has 0 spiro atoms. The van der Waals surface area contributed by atoms with Gasteiger partial charge in [-0.25, -0.2) is 0 Å². The molecule has 0 rings (SSSR count). The molecule has 0 radical (unpaired) electrons. The Morgan fingerprint density at radius 1 is 0.509 bits per heavy atom. The summed E-state index contributed by atoms with van der Waals surface area (Å²) < 4.78 is 5.90. The van der Waals surface area contributed by atoms with Crippen LogP contribution in [0.4, 0.5) is 0 Å². The molecule has 3 atom stereocenters. The van der Waals surface area contributed by atoms with Crippen molar-refractivity contribution in [1.29, 1.82) is 0 Å². The fourth-order valence-electron chi connectivity index (χ4n) is 7.60. The largest absolute Gasteiger partial charge is 0.462 e. The molecule has 0 aliphatic carbocycles. The van der Waals surface area contributed by atoms with Gasteiger partial charge >= 0.3 is 5.97 Å². The topological polar surface area (TPSA) is 95.9 Å². The van der Waals surface area contributed by atoms with Crippen LogP contribution < -0.4 is 5.32 Å². The summed E-state index contributed by atoms with van der Waals surface area (Å²) in [5.41, 5.74) is 0. The van der Waals surface area contributed by atoms with Crippen LogP contribution in [-0.4, -0.2) is 46.9 Å². The Kier molecular flexibility index (Phi) is 42.6. The van der Waals surface area contributed by atoms with Crippen molar-refractivity contribution in [3.05, 3.63) is 12.2 Å². The number of hydrogen-bond acceptors (Lipinski definition) is 5. The van der Waals surface area contributed by atoms with Gasteiger partial charge in [-0.1, -0.05) is 213 Å². The van der Waals surface area contributed by atoms with Crippen molar-refractivity contribution in [2.24, 2.45) is 0 Å². The summed E-state index contributed by atoms with van der Waals surface area (Å²) >= 11 is 0. The van der Waals surface area contributed by atoms with E-state index in [4.69, 9.17) is 4.74 Å². The van der Waals surface area contributed by atoms with E-state index >= 15 is 0 Å². The van der Waals surface area contributed by atoms with Gasteiger partial charge < -0.3 is 20.3 Å². The van der Waals surface area contributed by atoms with E-state index in [1.54, 1.807) is 0 Å². The summed E-state index contributed by atoms with van der Waals surface area (Å²) in [6.07, 6.45) is 47.0. The lowest BCUT2D eigenvalue weighted by Gasteiger charge is -2.24. The van der Waals surface area contributed by atoms with Crippen LogP contribution in [0.15, 0.2) is 12.2 Å². The van der Waals surface area contributed by atoms with Gasteiger partial charge in [0.15, 0.2) is 0 Å². The lowest BCUT2D eigenvalue weighted by Crippen LogP contribution is -2.46. The number of rotatable bonds is 44. The SMILES string of the molecule is CCCCC/C=C\CCCCCC(CC(=O)NC(CO)C(O)CCCCCCCCCCCCCC)OC(=O)CCCCCCCCCCCCCCCC. The molecule has 326 valence electrons. The molecule has 0 aromatic carbocycles. The number of unbranched alkanes of at least 4 members (excludes halogenated alkanes) is 30. The van der Waals surface area contributed by atoms with E-state index in [0.717, 1.165) is 64.2 Å². The van der Waals surface area contributed by atoms with E-state index in [0.29, 0.717) is 19.3 Å². The van der Waals surface area contributed by atoms with E-state index in [9.17, 15) is 19.8 Å². The number of aliphatic hydroxyl groups excluding tert-OH is 2. The lowest BCUT2D eigenvalue weighted by molar-refractivity contribution is -0.151. The molecule has 0 saturated heterocycles. The highest BCUT2D eigenvalue weighted by Crippen LogP contribution is 2.18. The van der Waals surface area contributed by atoms with Crippen molar-refractivity contribution >= 4 is 11.9 Å². The summed E-state index contributed by atoms with van der Waals surface area (Å²) in [5, 5.41) is 23.7. The average molecular weight is 778 g/mol. The van der Waals surface area contributed by atoms with Gasteiger partial charge in [-0.2, -0.15) is 0 Å². The van der Waals surface area contributed by atoms with Gasteiger partial charge in [-0.3, -0.25) is 9.59 Å². The molecule has 0 saturated carbocycles. The number of carbonyl (C=O) groups is 2. The normalized spacial score (nSPS) is 13.3. The number of amides is 1. The molecule has 1 amide bonds. The molecule has 3 unspecified atom stereocenters. The van der Waals surface area contributed by atoms with Crippen molar-refractivity contribution in [1.82, 2.24) is 5.32 Å². The maximum Gasteiger partial charge on any atom is 0.306 e. The first-order valence-electron chi connectivity index (χ1n) is 24.4. The third kappa shape index (κ3) is 39.2. The van der Waals surface area contributed by atoms with Gasteiger partial charge in [0.1, 0.15) is 6.10 Å². The summed E-state index contributed by atoms with van der Waals surface area (Å²) in [5.74, 6) is -0.477. The predicted molar refractivity (Wildman–Crippen MR) is 237 cm³/mol. The summed E-state index contributed by atoms with van der Waals surface area (Å²) in [4.78, 5) is 26.0. The van der Waals surface area contributed by atoms with E-state index in [-0.39, 0.29) is 24.9 Å². The van der Waals surface area contributed by atoms with Crippen LogP contribution in [0.25, 0.3) is 0 Å². The quantitative estimate of drug-likeness (QED) is 0.0325. The first kappa shape index (κ1) is 53.6. The van der Waals surface area contributed by atoms with Crippen molar-refractivity contribution in [3.8, 4) is 0 Å². The average Bonchev–Trinajstić information content (AvgIpc) is 3.18. The second-order valence-electron chi connectivity index (χ2n) is 16.9. The predicted octanol–water partition coefficient (Wildman–Crippen LogP) is 14.2. The molecule has 55 heavy (non-hydrogen) atoms. The summed E-state index contributed by atoms with van der Waals surface area (Å²) in [7, 11) is 0. The molecule has 0 aliphatic rings. The first-order chi connectivity index (χ1) is 27.0. The van der Waals surface area contributed by atoms with Crippen LogP contribution in [0.5, 0.6) is 0 Å². The molecule has 0 bridgehead atoms. The number of aliphatic hydroxyl groups is 2. The van der Waals surface area contributed by atoms with Crippen LogP contribution in [0.3, 0.4) is 0 Å². The maximum atomic E-state index is 13.1. The molecule has 0 aromatic rings. The molecular formula is C49H95NO5. The second-order valence-corrected chi connectivity index (χ2v) is 16.9. The standard InChI is InChI=1S/C49H95NO5/c1-4-7-10-13-16-19-22-24-25-27-30-33-36-39-42-49(54)55-45(40-37-34-31-28-21-18-15-12-9-6-3)43-48(53)50-46(44-51)47(52)41-38-35-32-29-26-23-20-17-14-11-8-5-2/h18,21,45-47,51-52H,4-17,19-20,22-44H2,1-3H3,(H,50,53)/b21-18-. The molecule has 6 nitrogen and oxygen atoms in total. The zero-order valence-electron chi connectivity index (χ0n) is 37.1. The van der Waals surface area contributed by atoms with Gasteiger partial charge in [0.2, 0.25) is 5.91 Å². The van der Waals surface area contributed by atoms with E-state index in [1.165, 1.54) is 154 Å². The monoisotopic (exact) mass is 778 g/mol. The van der Waals surface area contributed by atoms with Crippen molar-refractivity contribution in [2.75, 3.05) is 6.61 Å². The Hall–Kier alpha value is -1.40. The second kappa shape index (κ2) is 43.7. The Morgan fingerprint density at radius 3 is 1.33 bits per heavy atom. The lowest BCUT2D eigenvalue weighted by atomic mass is 10.0. The number of esters is 1. The number of allylic oxidation sites excluding steroid dienone is 2. The number of carbonyl (C=O) groups excluding carboxylic acids is 2. The van der Waals surface area contributed by atoms with Crippen molar-refractivity contribution < 1.29 is 24.5 Å². The van der Waals surface area contributed by atoms with Crippen LogP contribution in [-0.2, 0) is 14.3 Å². The first-order valence-corrected chi connectivity index (χ1v) is 24.4. The zero-order chi connectivity index (χ0) is 40.3. The number of hydrogen-bond donors (Lipinski definition) is 3. The molecule has 6 heteroatoms. The van der Waals surface area contributed by atoms with E-state index in [1.807, 2.05) is 0 Å². The minimum absolute atomic E-state index is 0.0731. The van der Waals surface area contributed by atoms with E-state index < -0.39 is 18.2 Å². The molecule has 0 aliphatic heterocycles. The highest BCUT2D eigenvalue weighted by atomic mass is 16.5. The highest BCUT2D eigenvalue weighted by Gasteiger charge is 2.24. The number of nitrogens with one attached hydrogen (secondary N) is 1. The van der Waals surface area contributed by atoms with Gasteiger partial charge in [0, 0.05) is 6.42 Å². The minimum Gasteiger partial charge on any atom is -0.462 e. The van der Waals surface area contributed by atoms with Gasteiger partial charge in [0.25, 0.3) is 0 Å². The van der Waals surface area contributed by atoms with Crippen molar-refractivity contribution in [3.63, 3.8) is 0 Å². The smallest absolute Gasteiger partial charge is 0.306 e. The molecule has 3 N–H and O–H groups in total. The number of ether oxygens (including phenoxy) is 1. The summed E-state index contributed by atoms with van der Waals surface area (Å²) in [6, 6.07) is -0.698. The zero-order valence-corrected chi connectivity index (χ0v) is 37.1. The maximum absolute atomic E-state index is 13.1. The third-order valence-corrected chi connectivity index (χ3v) is 11.3. The van der Waals surface area contributed by atoms with Crippen LogP contribution in [0, 0.1) is 0 Å². The highest BCUT2D eigenvalue weighted by molar-refractivity contribution is 5.77. The summed E-state index contributed by atoms with van der Waals surface area (Å²) in [6.45, 7) is 6.46. The fraction of sp³-hybridized carbons (Fsp3) is 0.918. The Balaban J connectivity index is 4.51. The Bertz CT molecular complexity index is 832. The Morgan fingerprint density at radius 2 is 0.873 bits per heavy atom. The molecule has 0 fully saturated rings. The fourth-order valence-corrected chi connectivity index (χ4v) is 7.60. The van der Waals surface area contributed by atoms with Gasteiger partial charge in [-0.05, 0) is 51.4 Å². The van der Waals surface area contributed by atoms with Crippen LogP contribution >= 0.6 is 0 Å². The van der Waals surface area contributed by atoms with Crippen LogP contribution in [0.1, 0.15) is 265 Å². The van der Waals surface area contributed by atoms with E-state index in [2.05, 4.69) is 38.2 Å². The van der Waals surface area contributed by atoms with Gasteiger partial charge in [0.05, 0.1) is 25.2 Å². The third-order valence-electron chi connectivity index (χ3n) is 11.3. The Labute approximate surface area is 342 Å². The molecular weight excluding hydrogens is 683 g/mol. The molecule has 0 heterocycles. The van der Waals surface area contributed by atoms with Crippen molar-refractivity contribution in [2.45, 2.75) is 283 Å².